The maximum Gasteiger partial charge on any atom is 0.240 e. The van der Waals surface area contributed by atoms with E-state index in [2.05, 4.69) is 25.3 Å². The van der Waals surface area contributed by atoms with E-state index in [1.165, 1.54) is 24.3 Å². The third kappa shape index (κ3) is 3.63. The monoisotopic (exact) mass is 499 g/mol. The molecule has 4 N–H and O–H groups in total. The summed E-state index contributed by atoms with van der Waals surface area (Å²) in [6.07, 6.45) is 5.04. The summed E-state index contributed by atoms with van der Waals surface area (Å²) in [5.74, 6) is -1.27. The zero-order valence-electron chi connectivity index (χ0n) is 19.4. The van der Waals surface area contributed by atoms with Crippen molar-refractivity contribution in [1.82, 2.24) is 24.3 Å². The highest BCUT2D eigenvalue weighted by atomic mass is 19.1. The number of nitrogens with one attached hydrogen (secondary N) is 1. The van der Waals surface area contributed by atoms with Gasteiger partial charge >= 0.3 is 0 Å². The first kappa shape index (κ1) is 22.5. The fraction of sp³-hybridized carbons (Fsp3) is 0.115. The van der Waals surface area contributed by atoms with Crippen LogP contribution in [0, 0.1) is 11.6 Å². The molecule has 1 aliphatic heterocycles. The first-order valence-corrected chi connectivity index (χ1v) is 11.3. The van der Waals surface area contributed by atoms with E-state index in [1.807, 2.05) is 0 Å². The quantitative estimate of drug-likeness (QED) is 0.344. The highest BCUT2D eigenvalue weighted by molar-refractivity contribution is 6.09. The van der Waals surface area contributed by atoms with Gasteiger partial charge in [-0.05, 0) is 42.3 Å². The predicted octanol–water partition coefficient (Wildman–Crippen LogP) is 3.60. The number of phenolic OH excluding ortho intramolecular Hbond substituents is 1. The van der Waals surface area contributed by atoms with Crippen molar-refractivity contribution in [1.29, 1.82) is 0 Å². The van der Waals surface area contributed by atoms with Gasteiger partial charge in [0.25, 0.3) is 0 Å². The van der Waals surface area contributed by atoms with Crippen molar-refractivity contribution in [3.8, 4) is 17.3 Å². The highest BCUT2D eigenvalue weighted by Gasteiger charge is 2.47. The number of halogens is 2. The number of carbonyl (C=O) groups excluding carboxylic acids is 1. The Morgan fingerprint density at radius 3 is 2.65 bits per heavy atom. The molecule has 37 heavy (non-hydrogen) atoms. The SMILES string of the molecule is C[C@@]1(c2cccc(O)c2)C(=O)Nc2nc(-c3cn4ccnc4c(Cc4cc(F)cc(F)c4)n3)nc(N)c21. The Morgan fingerprint density at radius 1 is 1.11 bits per heavy atom. The topological polar surface area (TPSA) is 131 Å². The van der Waals surface area contributed by atoms with E-state index in [0.29, 0.717) is 33.7 Å². The van der Waals surface area contributed by atoms with Crippen LogP contribution in [0.15, 0.2) is 61.1 Å². The molecule has 6 rings (SSSR count). The number of aromatic hydroxyl groups is 1. The summed E-state index contributed by atoms with van der Waals surface area (Å²) in [4.78, 5) is 31.1. The van der Waals surface area contributed by atoms with E-state index in [9.17, 15) is 18.7 Å². The second kappa shape index (κ2) is 8.05. The third-order valence-corrected chi connectivity index (χ3v) is 6.51. The molecule has 0 unspecified atom stereocenters. The smallest absolute Gasteiger partial charge is 0.240 e. The molecule has 5 aromatic rings. The number of amides is 1. The molecule has 1 amide bonds. The van der Waals surface area contributed by atoms with Gasteiger partial charge in [-0.1, -0.05) is 12.1 Å². The van der Waals surface area contributed by atoms with Gasteiger partial charge in [-0.25, -0.2) is 28.7 Å². The second-order valence-electron chi connectivity index (χ2n) is 8.97. The van der Waals surface area contributed by atoms with Crippen molar-refractivity contribution in [3.63, 3.8) is 0 Å². The van der Waals surface area contributed by atoms with Crippen molar-refractivity contribution in [2.24, 2.45) is 0 Å². The Labute approximate surface area is 208 Å². The van der Waals surface area contributed by atoms with Gasteiger partial charge in [-0.2, -0.15) is 0 Å². The number of fused-ring (bicyclic) bond motifs is 2. The number of phenols is 1. The molecular weight excluding hydrogens is 480 g/mol. The molecule has 0 fully saturated rings. The lowest BCUT2D eigenvalue weighted by Gasteiger charge is -2.23. The summed E-state index contributed by atoms with van der Waals surface area (Å²) in [7, 11) is 0. The summed E-state index contributed by atoms with van der Waals surface area (Å²) in [5.41, 5.74) is 7.75. The number of benzene rings is 2. The normalized spacial score (nSPS) is 16.7. The summed E-state index contributed by atoms with van der Waals surface area (Å²) in [6, 6.07) is 9.64. The molecule has 184 valence electrons. The van der Waals surface area contributed by atoms with Gasteiger partial charge in [-0.15, -0.1) is 0 Å². The average Bonchev–Trinajstić information content (AvgIpc) is 3.41. The lowest BCUT2D eigenvalue weighted by atomic mass is 9.77. The number of anilines is 2. The van der Waals surface area contributed by atoms with Crippen LogP contribution in [-0.4, -0.2) is 35.4 Å². The van der Waals surface area contributed by atoms with Gasteiger partial charge in [0.15, 0.2) is 11.5 Å². The maximum absolute atomic E-state index is 13.8. The minimum absolute atomic E-state index is 0.0135. The Kier molecular flexibility index (Phi) is 4.90. The number of rotatable bonds is 4. The van der Waals surface area contributed by atoms with Crippen LogP contribution in [0.5, 0.6) is 5.75 Å². The lowest BCUT2D eigenvalue weighted by molar-refractivity contribution is -0.119. The van der Waals surface area contributed by atoms with Crippen LogP contribution in [0.1, 0.15) is 29.3 Å². The lowest BCUT2D eigenvalue weighted by Crippen LogP contribution is -2.32. The van der Waals surface area contributed by atoms with Gasteiger partial charge < -0.3 is 20.6 Å². The number of nitrogens with zero attached hydrogens (tertiary/aromatic N) is 5. The van der Waals surface area contributed by atoms with Crippen molar-refractivity contribution in [2.75, 3.05) is 11.1 Å². The average molecular weight is 499 g/mol. The summed E-state index contributed by atoms with van der Waals surface area (Å²) >= 11 is 0. The van der Waals surface area contributed by atoms with Crippen molar-refractivity contribution in [2.45, 2.75) is 18.8 Å². The van der Waals surface area contributed by atoms with Gasteiger partial charge in [0.2, 0.25) is 5.91 Å². The van der Waals surface area contributed by atoms with Crippen molar-refractivity contribution < 1.29 is 18.7 Å². The van der Waals surface area contributed by atoms with E-state index in [1.54, 1.807) is 42.0 Å². The fourth-order valence-corrected chi connectivity index (χ4v) is 4.74. The molecular formula is C26H19F2N7O2. The van der Waals surface area contributed by atoms with Crippen LogP contribution in [0.2, 0.25) is 0 Å². The molecule has 0 saturated carbocycles. The number of nitrogen functional groups attached to an aromatic ring is 1. The Morgan fingerprint density at radius 2 is 1.89 bits per heavy atom. The largest absolute Gasteiger partial charge is 0.508 e. The number of aromatic nitrogens is 5. The molecule has 0 spiro atoms. The fourth-order valence-electron chi connectivity index (χ4n) is 4.74. The number of hydrogen-bond acceptors (Lipinski definition) is 7. The first-order chi connectivity index (χ1) is 17.7. The number of imidazole rings is 1. The van der Waals surface area contributed by atoms with Gasteiger partial charge in [0, 0.05) is 31.1 Å². The van der Waals surface area contributed by atoms with Crippen LogP contribution in [-0.2, 0) is 16.6 Å². The summed E-state index contributed by atoms with van der Waals surface area (Å²) in [5, 5.41) is 12.7. The van der Waals surface area contributed by atoms with Crippen LogP contribution in [0.4, 0.5) is 20.4 Å². The molecule has 3 aromatic heterocycles. The number of nitrogens with two attached hydrogens (primary N) is 1. The molecule has 9 nitrogen and oxygen atoms in total. The number of hydrogen-bond donors (Lipinski definition) is 3. The molecule has 0 aliphatic carbocycles. The van der Waals surface area contributed by atoms with E-state index in [4.69, 9.17) is 5.73 Å². The Hall–Kier alpha value is -4.93. The molecule has 0 radical (unpaired) electrons. The third-order valence-electron chi connectivity index (χ3n) is 6.51. The van der Waals surface area contributed by atoms with Crippen molar-refractivity contribution >= 4 is 23.2 Å². The summed E-state index contributed by atoms with van der Waals surface area (Å²) in [6.45, 7) is 1.69. The predicted molar refractivity (Wildman–Crippen MR) is 131 cm³/mol. The standard InChI is InChI=1S/C26H19F2N7O2/c1-26(14-3-2-4-17(36)10-14)20-21(29)32-22(33-23(20)34-25(26)37)19-12-35-6-5-30-24(35)18(31-19)9-13-7-15(27)11-16(28)8-13/h2-8,10-12,36H,9H2,1H3,(H3,29,32,33,34,37)/t26-/m0/s1. The Balaban J connectivity index is 1.46. The first-order valence-electron chi connectivity index (χ1n) is 11.3. The van der Waals surface area contributed by atoms with Crippen LogP contribution in [0.25, 0.3) is 17.2 Å². The molecule has 0 saturated heterocycles. The highest BCUT2D eigenvalue weighted by Crippen LogP contribution is 2.45. The van der Waals surface area contributed by atoms with Crippen LogP contribution in [0.3, 0.4) is 0 Å². The van der Waals surface area contributed by atoms with E-state index in [-0.39, 0.29) is 35.5 Å². The Bertz CT molecular complexity index is 1720. The van der Waals surface area contributed by atoms with E-state index < -0.39 is 17.0 Å². The molecule has 11 heteroatoms. The minimum Gasteiger partial charge on any atom is -0.508 e. The van der Waals surface area contributed by atoms with Crippen molar-refractivity contribution in [3.05, 3.63) is 95.1 Å². The molecule has 2 aromatic carbocycles. The zero-order chi connectivity index (χ0) is 25.9. The van der Waals surface area contributed by atoms with Crippen LogP contribution < -0.4 is 11.1 Å². The van der Waals surface area contributed by atoms with Crippen LogP contribution >= 0.6 is 0 Å². The molecule has 4 heterocycles. The zero-order valence-corrected chi connectivity index (χ0v) is 19.4. The van der Waals surface area contributed by atoms with E-state index in [0.717, 1.165) is 6.07 Å². The summed E-state index contributed by atoms with van der Waals surface area (Å²) < 4.78 is 29.3. The minimum atomic E-state index is -1.22. The molecule has 1 atom stereocenters. The maximum atomic E-state index is 13.8. The second-order valence-corrected chi connectivity index (χ2v) is 8.97. The van der Waals surface area contributed by atoms with E-state index >= 15 is 0 Å². The number of carbonyl (C=O) groups is 1. The van der Waals surface area contributed by atoms with Gasteiger partial charge in [0.1, 0.15) is 40.1 Å². The van der Waals surface area contributed by atoms with Gasteiger partial charge in [0.05, 0.1) is 11.3 Å². The van der Waals surface area contributed by atoms with Gasteiger partial charge in [-0.3, -0.25) is 4.79 Å². The molecule has 1 aliphatic rings. The molecule has 0 bridgehead atoms.